The van der Waals surface area contributed by atoms with Crippen molar-refractivity contribution in [1.82, 2.24) is 20.3 Å². The number of hydrogen-bond acceptors (Lipinski definition) is 7. The zero-order valence-electron chi connectivity index (χ0n) is 18.2. The number of carbonyl (C=O) groups is 1. The minimum atomic E-state index is -0.760. The summed E-state index contributed by atoms with van der Waals surface area (Å²) >= 11 is 6.38. The summed E-state index contributed by atoms with van der Waals surface area (Å²) in [6, 6.07) is 5.69. The number of rotatable bonds is 9. The van der Waals surface area contributed by atoms with Crippen LogP contribution in [0.15, 0.2) is 29.5 Å². The fourth-order valence-electron chi connectivity index (χ4n) is 3.99. The van der Waals surface area contributed by atoms with Crippen molar-refractivity contribution < 1.29 is 15.0 Å². The van der Waals surface area contributed by atoms with Gasteiger partial charge in [-0.15, -0.1) is 0 Å². The number of anilines is 1. The molecule has 0 unspecified atom stereocenters. The Hall–Kier alpha value is -3.17. The van der Waals surface area contributed by atoms with E-state index in [-0.39, 0.29) is 12.3 Å². The summed E-state index contributed by atoms with van der Waals surface area (Å²) < 4.78 is 0. The van der Waals surface area contributed by atoms with E-state index in [0.717, 1.165) is 62.2 Å². The highest BCUT2D eigenvalue weighted by Crippen LogP contribution is 2.33. The van der Waals surface area contributed by atoms with Gasteiger partial charge in [0.25, 0.3) is 0 Å². The summed E-state index contributed by atoms with van der Waals surface area (Å²) in [5, 5.41) is 23.9. The number of aliphatic carboxylic acids is 1. The Kier molecular flexibility index (Phi) is 7.41. The van der Waals surface area contributed by atoms with Crippen LogP contribution in [0.3, 0.4) is 0 Å². The second-order valence-electron chi connectivity index (χ2n) is 8.04. The van der Waals surface area contributed by atoms with Crippen molar-refractivity contribution in [3.8, 4) is 5.88 Å². The van der Waals surface area contributed by atoms with Crippen LogP contribution in [0.2, 0.25) is 5.02 Å². The molecule has 3 heterocycles. The van der Waals surface area contributed by atoms with Gasteiger partial charge in [-0.1, -0.05) is 24.1 Å². The fraction of sp³-hybridized carbons (Fsp3) is 0.391. The quantitative estimate of drug-likeness (QED) is 0.277. The zero-order chi connectivity index (χ0) is 23.2. The summed E-state index contributed by atoms with van der Waals surface area (Å²) in [4.78, 5) is 29.0. The Bertz CT molecular complexity index is 1160. The van der Waals surface area contributed by atoms with Crippen molar-refractivity contribution in [2.45, 2.75) is 32.1 Å². The first kappa shape index (κ1) is 23.0. The largest absolute Gasteiger partial charge is 0.494 e. The van der Waals surface area contributed by atoms with Crippen LogP contribution in [0.25, 0.3) is 11.0 Å². The van der Waals surface area contributed by atoms with E-state index in [2.05, 4.69) is 30.2 Å². The Morgan fingerprint density at radius 3 is 2.82 bits per heavy atom. The second-order valence-corrected chi connectivity index (χ2v) is 8.45. The lowest BCUT2D eigenvalue weighted by atomic mass is 10.1. The van der Waals surface area contributed by atoms with E-state index in [1.54, 1.807) is 6.21 Å². The first-order valence-electron chi connectivity index (χ1n) is 11.1. The van der Waals surface area contributed by atoms with Crippen molar-refractivity contribution in [3.63, 3.8) is 0 Å². The van der Waals surface area contributed by atoms with Gasteiger partial charge in [0.1, 0.15) is 17.8 Å². The van der Waals surface area contributed by atoms with Gasteiger partial charge in [-0.05, 0) is 37.0 Å². The Morgan fingerprint density at radius 1 is 1.21 bits per heavy atom. The maximum Gasteiger partial charge on any atom is 0.303 e. The molecular formula is C23H27ClN6O3. The number of aryl methyl sites for hydroxylation is 1. The number of benzene rings is 1. The molecule has 9 nitrogen and oxygen atoms in total. The number of nitrogens with zero attached hydrogens (tertiary/aromatic N) is 4. The van der Waals surface area contributed by atoms with Gasteiger partial charge in [0.15, 0.2) is 5.88 Å². The van der Waals surface area contributed by atoms with Crippen molar-refractivity contribution >= 4 is 46.3 Å². The Labute approximate surface area is 196 Å². The molecule has 1 aliphatic rings. The summed E-state index contributed by atoms with van der Waals surface area (Å²) in [5.74, 6) is -0.0128. The zero-order valence-corrected chi connectivity index (χ0v) is 19.0. The number of fused-ring (bicyclic) bond motifs is 1. The number of halogens is 1. The monoisotopic (exact) mass is 470 g/mol. The molecule has 4 N–H and O–H groups in total. The van der Waals surface area contributed by atoms with Gasteiger partial charge in [-0.3, -0.25) is 9.79 Å². The van der Waals surface area contributed by atoms with E-state index >= 15 is 0 Å². The van der Waals surface area contributed by atoms with E-state index < -0.39 is 5.97 Å². The number of aromatic amines is 1. The molecule has 0 bridgehead atoms. The normalized spacial score (nSPS) is 14.4. The summed E-state index contributed by atoms with van der Waals surface area (Å²) in [5.41, 5.74) is 2.76. The first-order valence-corrected chi connectivity index (χ1v) is 11.5. The predicted octanol–water partition coefficient (Wildman–Crippen LogP) is 3.66. The number of nitrogens with one attached hydrogen (secondary N) is 2. The smallest absolute Gasteiger partial charge is 0.303 e. The average Bonchev–Trinajstić information content (AvgIpc) is 3.14. The van der Waals surface area contributed by atoms with Crippen LogP contribution < -0.4 is 10.2 Å². The number of unbranched alkanes of at least 4 members (excludes halogenated alkanes) is 2. The number of aliphatic imine (C=N–C) groups is 1. The molecule has 3 aromatic rings. The second kappa shape index (κ2) is 10.6. The average molecular weight is 471 g/mol. The van der Waals surface area contributed by atoms with Crippen LogP contribution in [0.1, 0.15) is 36.8 Å². The third-order valence-corrected chi connectivity index (χ3v) is 6.02. The minimum absolute atomic E-state index is 0.0173. The highest BCUT2D eigenvalue weighted by molar-refractivity contribution is 6.33. The number of H-pyrrole nitrogens is 1. The summed E-state index contributed by atoms with van der Waals surface area (Å²) in [6.07, 6.45) is 6.53. The molecule has 0 aliphatic carbocycles. The Morgan fingerprint density at radius 2 is 2.03 bits per heavy atom. The number of hydrogen-bond donors (Lipinski definition) is 4. The first-order chi connectivity index (χ1) is 16.0. The van der Waals surface area contributed by atoms with Crippen LogP contribution in [0, 0.1) is 0 Å². The molecule has 1 aliphatic heterocycles. The van der Waals surface area contributed by atoms with Crippen LogP contribution in [0.5, 0.6) is 5.88 Å². The van der Waals surface area contributed by atoms with Crippen molar-refractivity contribution in [2.75, 3.05) is 31.1 Å². The molecular weight excluding hydrogens is 444 g/mol. The van der Waals surface area contributed by atoms with Crippen LogP contribution in [-0.2, 0) is 11.2 Å². The minimum Gasteiger partial charge on any atom is -0.494 e. The van der Waals surface area contributed by atoms with Gasteiger partial charge in [0, 0.05) is 38.8 Å². The number of aromatic nitrogens is 3. The highest BCUT2D eigenvalue weighted by atomic mass is 35.5. The molecule has 0 atom stereocenters. The lowest BCUT2D eigenvalue weighted by Gasteiger charge is -2.28. The SMILES string of the molecule is O=C(O)CCCCCc1ccc(Cl)c(N=Cc2c(O)[nH]c3ncnc(N4CCNCC4)c23)c1. The van der Waals surface area contributed by atoms with Crippen LogP contribution in [-0.4, -0.2) is 63.5 Å². The van der Waals surface area contributed by atoms with Gasteiger partial charge in [-0.25, -0.2) is 9.97 Å². The lowest BCUT2D eigenvalue weighted by molar-refractivity contribution is -0.137. The molecule has 10 heteroatoms. The molecule has 1 fully saturated rings. The van der Waals surface area contributed by atoms with Gasteiger partial charge in [-0.2, -0.15) is 0 Å². The third-order valence-electron chi connectivity index (χ3n) is 5.70. The highest BCUT2D eigenvalue weighted by Gasteiger charge is 2.20. The van der Waals surface area contributed by atoms with Crippen molar-refractivity contribution in [3.05, 3.63) is 40.7 Å². The standard InChI is InChI=1S/C23H27ClN6O3/c24-17-7-6-15(4-2-1-3-5-19(31)32)12-18(17)26-13-16-20-21(29-23(16)33)27-14-28-22(20)30-10-8-25-9-11-30/h6-7,12-14,25,33H,1-5,8-11H2,(H,31,32)(H,27,28,29). The van der Waals surface area contributed by atoms with Gasteiger partial charge >= 0.3 is 5.97 Å². The molecule has 0 spiro atoms. The maximum absolute atomic E-state index is 10.6. The van der Waals surface area contributed by atoms with Gasteiger partial charge in [0.2, 0.25) is 0 Å². The molecule has 1 saturated heterocycles. The molecule has 4 rings (SSSR count). The van der Waals surface area contributed by atoms with Crippen molar-refractivity contribution in [1.29, 1.82) is 0 Å². The van der Waals surface area contributed by atoms with E-state index in [1.807, 2.05) is 18.2 Å². The fourth-order valence-corrected chi connectivity index (χ4v) is 4.15. The van der Waals surface area contributed by atoms with Gasteiger partial charge in [0.05, 0.1) is 21.7 Å². The molecule has 0 radical (unpaired) electrons. The van der Waals surface area contributed by atoms with E-state index in [4.69, 9.17) is 16.7 Å². The number of carboxylic acids is 1. The third kappa shape index (κ3) is 5.61. The molecule has 174 valence electrons. The topological polar surface area (TPSA) is 127 Å². The molecule has 1 aromatic carbocycles. The molecule has 2 aromatic heterocycles. The van der Waals surface area contributed by atoms with E-state index in [0.29, 0.717) is 28.3 Å². The van der Waals surface area contributed by atoms with Crippen LogP contribution in [0.4, 0.5) is 11.5 Å². The summed E-state index contributed by atoms with van der Waals surface area (Å²) in [6.45, 7) is 3.36. The van der Waals surface area contributed by atoms with Gasteiger partial charge < -0.3 is 25.4 Å². The lowest BCUT2D eigenvalue weighted by Crippen LogP contribution is -2.44. The number of aromatic hydroxyl groups is 1. The maximum atomic E-state index is 10.6. The number of piperazine rings is 1. The predicted molar refractivity (Wildman–Crippen MR) is 129 cm³/mol. The molecule has 33 heavy (non-hydrogen) atoms. The van der Waals surface area contributed by atoms with E-state index in [1.165, 1.54) is 6.33 Å². The van der Waals surface area contributed by atoms with Crippen LogP contribution >= 0.6 is 11.6 Å². The summed E-state index contributed by atoms with van der Waals surface area (Å²) in [7, 11) is 0. The van der Waals surface area contributed by atoms with E-state index in [9.17, 15) is 9.90 Å². The molecule has 0 saturated carbocycles. The Balaban J connectivity index is 1.55. The number of carboxylic acid groups (broad SMARTS) is 1. The molecule has 0 amide bonds. The van der Waals surface area contributed by atoms with Crippen molar-refractivity contribution in [2.24, 2.45) is 4.99 Å².